The summed E-state index contributed by atoms with van der Waals surface area (Å²) < 4.78 is 0. The maximum absolute atomic E-state index is 13.3. The highest BCUT2D eigenvalue weighted by atomic mass is 32.2. The number of aromatic hydroxyl groups is 2. The van der Waals surface area contributed by atoms with Crippen LogP contribution in [0.1, 0.15) is 52.6 Å². The maximum Gasteiger partial charge on any atom is 0.252 e. The van der Waals surface area contributed by atoms with Crippen LogP contribution in [-0.4, -0.2) is 50.6 Å². The van der Waals surface area contributed by atoms with Crippen LogP contribution in [0.5, 0.6) is 11.5 Å². The number of aliphatic hydroxyl groups is 1. The van der Waals surface area contributed by atoms with E-state index in [1.54, 1.807) is 25.1 Å². The van der Waals surface area contributed by atoms with Gasteiger partial charge in [0.05, 0.1) is 12.1 Å². The number of amides is 2. The number of phenols is 2. The van der Waals surface area contributed by atoms with Crippen molar-refractivity contribution in [3.8, 4) is 11.5 Å². The first-order chi connectivity index (χ1) is 19.4. The smallest absolute Gasteiger partial charge is 0.252 e. The van der Waals surface area contributed by atoms with E-state index in [1.165, 1.54) is 23.9 Å². The number of phenolic OH excluding ortho intramolecular Hbond substituents is 2. The fraction of sp³-hybridized carbons (Fsp3) is 0.273. The molecule has 7 nitrogen and oxygen atoms in total. The Morgan fingerprint density at radius 3 is 2.27 bits per heavy atom. The second kappa shape index (κ2) is 12.7. The van der Waals surface area contributed by atoms with Crippen LogP contribution >= 0.6 is 11.8 Å². The molecule has 5 N–H and O–H groups in total. The molecular weight excluding hydrogens is 536 g/mol. The molecule has 0 aromatic heterocycles. The number of hydrogen-bond donors (Lipinski definition) is 5. The number of hydrogen-bond acceptors (Lipinski definition) is 6. The van der Waals surface area contributed by atoms with Gasteiger partial charge >= 0.3 is 0 Å². The average Bonchev–Trinajstić information content (AvgIpc) is 2.93. The van der Waals surface area contributed by atoms with Crippen LogP contribution < -0.4 is 10.6 Å². The van der Waals surface area contributed by atoms with Crippen LogP contribution in [0.15, 0.2) is 83.8 Å². The van der Waals surface area contributed by atoms with E-state index in [1.807, 2.05) is 63.2 Å². The van der Waals surface area contributed by atoms with Gasteiger partial charge in [0.15, 0.2) is 11.5 Å². The molecule has 8 heteroatoms. The predicted octanol–water partition coefficient (Wildman–Crippen LogP) is 5.58. The lowest BCUT2D eigenvalue weighted by molar-refractivity contribution is 0.0849. The van der Waals surface area contributed by atoms with Gasteiger partial charge in [0, 0.05) is 39.3 Å². The first kappa shape index (κ1) is 30.0. The fourth-order valence-electron chi connectivity index (χ4n) is 4.57. The van der Waals surface area contributed by atoms with E-state index in [9.17, 15) is 24.9 Å². The van der Waals surface area contributed by atoms with E-state index in [4.69, 9.17) is 0 Å². The third-order valence-electron chi connectivity index (χ3n) is 6.77. The van der Waals surface area contributed by atoms with Gasteiger partial charge in [-0.05, 0) is 74.4 Å². The van der Waals surface area contributed by atoms with Gasteiger partial charge in [-0.3, -0.25) is 9.59 Å². The van der Waals surface area contributed by atoms with Crippen LogP contribution in [0.3, 0.4) is 0 Å². The largest absolute Gasteiger partial charge is 0.504 e. The zero-order valence-corrected chi connectivity index (χ0v) is 24.5. The van der Waals surface area contributed by atoms with E-state index in [2.05, 4.69) is 16.7 Å². The zero-order valence-electron chi connectivity index (χ0n) is 23.6. The summed E-state index contributed by atoms with van der Waals surface area (Å²) >= 11 is 1.50. The lowest BCUT2D eigenvalue weighted by Gasteiger charge is -2.26. The van der Waals surface area contributed by atoms with Crippen LogP contribution in [-0.2, 0) is 6.42 Å². The van der Waals surface area contributed by atoms with Crippen molar-refractivity contribution in [2.45, 2.75) is 56.7 Å². The summed E-state index contributed by atoms with van der Waals surface area (Å²) in [6, 6.07) is 23.3. The van der Waals surface area contributed by atoms with Gasteiger partial charge in [0.1, 0.15) is 0 Å². The second-order valence-corrected chi connectivity index (χ2v) is 12.2. The Hall–Kier alpha value is -4.01. The summed E-state index contributed by atoms with van der Waals surface area (Å²) in [7, 11) is 0. The molecule has 0 aliphatic heterocycles. The lowest BCUT2D eigenvalue weighted by atomic mass is 9.96. The molecule has 0 saturated carbocycles. The molecule has 41 heavy (non-hydrogen) atoms. The second-order valence-electron chi connectivity index (χ2n) is 11.1. The molecule has 0 radical (unpaired) electrons. The Labute approximate surface area is 244 Å². The van der Waals surface area contributed by atoms with Gasteiger partial charge in [-0.2, -0.15) is 0 Å². The molecule has 214 valence electrons. The molecule has 2 unspecified atom stereocenters. The molecule has 4 rings (SSSR count). The zero-order chi connectivity index (χ0) is 29.7. The minimum absolute atomic E-state index is 0.136. The van der Waals surface area contributed by atoms with Gasteiger partial charge in [-0.15, -0.1) is 11.8 Å². The summed E-state index contributed by atoms with van der Waals surface area (Å²) in [4.78, 5) is 27.3. The normalized spacial score (nSPS) is 13.0. The van der Waals surface area contributed by atoms with E-state index in [-0.39, 0.29) is 35.0 Å². The van der Waals surface area contributed by atoms with Gasteiger partial charge in [0.2, 0.25) is 0 Å². The molecule has 0 heterocycles. The number of carbonyl (C=O) groups excluding carboxylic acids is 2. The molecule has 0 bridgehead atoms. The number of fused-ring (bicyclic) bond motifs is 1. The SMILES string of the molecule is Cc1c(C(=O)NC(CSc2ccc3ccccc3c2)C(O)Cc2ccccc2C(=O)NC(C)(C)C)ccc(O)c1O. The van der Waals surface area contributed by atoms with E-state index >= 15 is 0 Å². The van der Waals surface area contributed by atoms with Crippen molar-refractivity contribution >= 4 is 34.3 Å². The van der Waals surface area contributed by atoms with Crippen molar-refractivity contribution < 1.29 is 24.9 Å². The van der Waals surface area contributed by atoms with Gasteiger partial charge in [0.25, 0.3) is 11.8 Å². The van der Waals surface area contributed by atoms with Gasteiger partial charge in [-0.25, -0.2) is 0 Å². The van der Waals surface area contributed by atoms with E-state index in [0.29, 0.717) is 16.9 Å². The fourth-order valence-corrected chi connectivity index (χ4v) is 5.62. The van der Waals surface area contributed by atoms with Crippen LogP contribution in [0, 0.1) is 6.92 Å². The molecule has 0 aliphatic carbocycles. The monoisotopic (exact) mass is 572 g/mol. The average molecular weight is 573 g/mol. The summed E-state index contributed by atoms with van der Waals surface area (Å²) in [5.74, 6) is -1.04. The topological polar surface area (TPSA) is 119 Å². The molecule has 0 spiro atoms. The van der Waals surface area contributed by atoms with Crippen molar-refractivity contribution in [1.82, 2.24) is 10.6 Å². The van der Waals surface area contributed by atoms with Gasteiger partial charge in [-0.1, -0.05) is 48.5 Å². The van der Waals surface area contributed by atoms with Crippen LogP contribution in [0.25, 0.3) is 10.8 Å². The molecule has 4 aromatic carbocycles. The van der Waals surface area contributed by atoms with Gasteiger partial charge < -0.3 is 26.0 Å². The summed E-state index contributed by atoms with van der Waals surface area (Å²) in [5, 5.41) is 39.5. The number of nitrogens with one attached hydrogen (secondary N) is 2. The minimum atomic E-state index is -1.03. The first-order valence-electron chi connectivity index (χ1n) is 13.5. The number of aliphatic hydroxyl groups excluding tert-OH is 1. The molecule has 4 aromatic rings. The highest BCUT2D eigenvalue weighted by Gasteiger charge is 2.26. The third kappa shape index (κ3) is 7.60. The maximum atomic E-state index is 13.3. The summed E-state index contributed by atoms with van der Waals surface area (Å²) in [5.41, 5.74) is 1.13. The van der Waals surface area contributed by atoms with Crippen molar-refractivity contribution in [2.75, 3.05) is 5.75 Å². The molecule has 0 saturated heterocycles. The van der Waals surface area contributed by atoms with Crippen molar-refractivity contribution in [2.24, 2.45) is 0 Å². The third-order valence-corrected chi connectivity index (χ3v) is 7.88. The van der Waals surface area contributed by atoms with E-state index in [0.717, 1.165) is 15.7 Å². The number of rotatable bonds is 9. The molecule has 2 amide bonds. The number of benzene rings is 4. The number of carbonyl (C=O) groups is 2. The highest BCUT2D eigenvalue weighted by Crippen LogP contribution is 2.31. The lowest BCUT2D eigenvalue weighted by Crippen LogP contribution is -2.46. The minimum Gasteiger partial charge on any atom is -0.504 e. The van der Waals surface area contributed by atoms with Crippen molar-refractivity contribution in [1.29, 1.82) is 0 Å². The number of thioether (sulfide) groups is 1. The Morgan fingerprint density at radius 2 is 1.54 bits per heavy atom. The Balaban J connectivity index is 1.59. The first-order valence-corrected chi connectivity index (χ1v) is 14.4. The Kier molecular flexibility index (Phi) is 9.25. The summed E-state index contributed by atoms with van der Waals surface area (Å²) in [6.07, 6.45) is -0.891. The standard InChI is InChI=1S/C33H36N2O5S/c1-20-25(15-16-28(36)30(20)38)31(39)34-27(19-41-24-14-13-21-9-5-6-10-22(21)17-24)29(37)18-23-11-7-8-12-26(23)32(40)35-33(2,3)4/h5-17,27,29,36-38H,18-19H2,1-4H3,(H,34,39)(H,35,40). The molecule has 0 aliphatic rings. The molecular formula is C33H36N2O5S. The van der Waals surface area contributed by atoms with Crippen LogP contribution in [0.4, 0.5) is 0 Å². The van der Waals surface area contributed by atoms with Crippen molar-refractivity contribution in [3.05, 3.63) is 101 Å². The van der Waals surface area contributed by atoms with Crippen molar-refractivity contribution in [3.63, 3.8) is 0 Å². The predicted molar refractivity (Wildman–Crippen MR) is 164 cm³/mol. The van der Waals surface area contributed by atoms with E-state index < -0.39 is 23.6 Å². The quantitative estimate of drug-likeness (QED) is 0.132. The van der Waals surface area contributed by atoms with Crippen LogP contribution in [0.2, 0.25) is 0 Å². The molecule has 0 fully saturated rings. The highest BCUT2D eigenvalue weighted by molar-refractivity contribution is 7.99. The summed E-state index contributed by atoms with van der Waals surface area (Å²) in [6.45, 7) is 7.26. The Morgan fingerprint density at radius 1 is 0.854 bits per heavy atom. The molecule has 2 atom stereocenters. The Bertz CT molecular complexity index is 1560.